The highest BCUT2D eigenvalue weighted by Gasteiger charge is 2.22. The summed E-state index contributed by atoms with van der Waals surface area (Å²) in [5, 5.41) is 8.95. The van der Waals surface area contributed by atoms with Crippen LogP contribution in [0.3, 0.4) is 0 Å². The Kier molecular flexibility index (Phi) is 3.47. The summed E-state index contributed by atoms with van der Waals surface area (Å²) in [7, 11) is 0. The molecular weight excluding hydrogens is 286 g/mol. The Morgan fingerprint density at radius 1 is 1.35 bits per heavy atom. The second kappa shape index (κ2) is 4.87. The zero-order chi connectivity index (χ0) is 12.4. The highest BCUT2D eigenvalue weighted by molar-refractivity contribution is 9.10. The number of carbonyl (C=O) groups is 2. The summed E-state index contributed by atoms with van der Waals surface area (Å²) in [6, 6.07) is 4.72. The van der Waals surface area contributed by atoms with Crippen molar-refractivity contribution in [3.63, 3.8) is 0 Å². The normalized spacial score (nSPS) is 16.1. The number of carboxylic acid groups (broad SMARTS) is 1. The van der Waals surface area contributed by atoms with Crippen molar-refractivity contribution in [2.75, 3.05) is 11.4 Å². The molecule has 1 aliphatic rings. The van der Waals surface area contributed by atoms with Crippen molar-refractivity contribution in [3.8, 4) is 0 Å². The molecule has 4 nitrogen and oxygen atoms in total. The molecule has 0 atom stereocenters. The van der Waals surface area contributed by atoms with E-state index < -0.39 is 5.97 Å². The third kappa shape index (κ3) is 2.49. The summed E-state index contributed by atoms with van der Waals surface area (Å²) in [5.41, 5.74) is 0.844. The molecular formula is C12H12BrNO3. The lowest BCUT2D eigenvalue weighted by Gasteiger charge is -2.27. The van der Waals surface area contributed by atoms with Crippen molar-refractivity contribution in [2.45, 2.75) is 19.3 Å². The van der Waals surface area contributed by atoms with Gasteiger partial charge in [0, 0.05) is 17.4 Å². The van der Waals surface area contributed by atoms with Crippen LogP contribution in [0.2, 0.25) is 0 Å². The molecule has 1 heterocycles. The number of nitrogens with zero attached hydrogens (tertiary/aromatic N) is 1. The lowest BCUT2D eigenvalue weighted by atomic mass is 10.1. The van der Waals surface area contributed by atoms with Crippen LogP contribution in [0.15, 0.2) is 22.7 Å². The number of hydrogen-bond donors (Lipinski definition) is 1. The lowest BCUT2D eigenvalue weighted by molar-refractivity contribution is -0.119. The average molecular weight is 298 g/mol. The maximum atomic E-state index is 11.8. The first-order valence-corrected chi connectivity index (χ1v) is 6.22. The van der Waals surface area contributed by atoms with E-state index in [1.54, 1.807) is 11.0 Å². The van der Waals surface area contributed by atoms with E-state index in [9.17, 15) is 9.59 Å². The van der Waals surface area contributed by atoms with Crippen LogP contribution in [-0.2, 0) is 4.79 Å². The smallest absolute Gasteiger partial charge is 0.335 e. The van der Waals surface area contributed by atoms with Crippen molar-refractivity contribution in [3.05, 3.63) is 28.2 Å². The first-order chi connectivity index (χ1) is 8.09. The second-order valence-corrected chi connectivity index (χ2v) is 4.83. The molecule has 0 aromatic heterocycles. The molecule has 1 N–H and O–H groups in total. The predicted molar refractivity (Wildman–Crippen MR) is 67.3 cm³/mol. The number of carboxylic acids is 1. The molecule has 0 unspecified atom stereocenters. The number of hydrogen-bond acceptors (Lipinski definition) is 2. The Balaban J connectivity index is 2.39. The minimum Gasteiger partial charge on any atom is -0.478 e. The summed E-state index contributed by atoms with van der Waals surface area (Å²) in [6.45, 7) is 0.653. The zero-order valence-electron chi connectivity index (χ0n) is 9.15. The van der Waals surface area contributed by atoms with Crippen molar-refractivity contribution < 1.29 is 14.7 Å². The van der Waals surface area contributed by atoms with Gasteiger partial charge in [-0.05, 0) is 47.0 Å². The van der Waals surface area contributed by atoms with Gasteiger partial charge in [-0.1, -0.05) is 0 Å². The predicted octanol–water partition coefficient (Wildman–Crippen LogP) is 2.66. The monoisotopic (exact) mass is 297 g/mol. The van der Waals surface area contributed by atoms with Crippen LogP contribution in [0, 0.1) is 0 Å². The number of piperidine rings is 1. The van der Waals surface area contributed by atoms with E-state index in [2.05, 4.69) is 15.9 Å². The Morgan fingerprint density at radius 3 is 2.76 bits per heavy atom. The van der Waals surface area contributed by atoms with E-state index in [4.69, 9.17) is 5.11 Å². The Morgan fingerprint density at radius 2 is 2.12 bits per heavy atom. The van der Waals surface area contributed by atoms with Crippen molar-refractivity contribution >= 4 is 33.5 Å². The highest BCUT2D eigenvalue weighted by Crippen LogP contribution is 2.30. The summed E-state index contributed by atoms with van der Waals surface area (Å²) >= 11 is 3.36. The van der Waals surface area contributed by atoms with Crippen LogP contribution in [0.1, 0.15) is 29.6 Å². The number of anilines is 1. The lowest BCUT2D eigenvalue weighted by Crippen LogP contribution is -2.35. The maximum absolute atomic E-state index is 11.8. The van der Waals surface area contributed by atoms with Gasteiger partial charge in [0.1, 0.15) is 0 Å². The SMILES string of the molecule is O=C(O)c1ccc(Br)c(N2CCCCC2=O)c1. The number of rotatable bonds is 2. The minimum atomic E-state index is -0.983. The molecule has 90 valence electrons. The van der Waals surface area contributed by atoms with E-state index in [1.807, 2.05) is 0 Å². The van der Waals surface area contributed by atoms with Gasteiger partial charge in [-0.2, -0.15) is 0 Å². The molecule has 0 saturated carbocycles. The van der Waals surface area contributed by atoms with Crippen molar-refractivity contribution in [1.82, 2.24) is 0 Å². The first-order valence-electron chi connectivity index (χ1n) is 5.43. The second-order valence-electron chi connectivity index (χ2n) is 3.97. The number of carbonyl (C=O) groups excluding carboxylic acids is 1. The van der Waals surface area contributed by atoms with Crippen LogP contribution in [0.5, 0.6) is 0 Å². The molecule has 1 amide bonds. The van der Waals surface area contributed by atoms with Gasteiger partial charge in [0.25, 0.3) is 0 Å². The van der Waals surface area contributed by atoms with E-state index in [0.29, 0.717) is 18.7 Å². The molecule has 2 rings (SSSR count). The molecule has 0 aliphatic carbocycles. The maximum Gasteiger partial charge on any atom is 0.335 e. The van der Waals surface area contributed by atoms with Gasteiger partial charge >= 0.3 is 5.97 Å². The summed E-state index contributed by atoms with van der Waals surface area (Å²) in [4.78, 5) is 24.3. The van der Waals surface area contributed by atoms with Crippen LogP contribution in [0.25, 0.3) is 0 Å². The van der Waals surface area contributed by atoms with E-state index >= 15 is 0 Å². The van der Waals surface area contributed by atoms with Crippen LogP contribution in [-0.4, -0.2) is 23.5 Å². The van der Waals surface area contributed by atoms with E-state index in [-0.39, 0.29) is 11.5 Å². The summed E-state index contributed by atoms with van der Waals surface area (Å²) < 4.78 is 0.748. The highest BCUT2D eigenvalue weighted by atomic mass is 79.9. The van der Waals surface area contributed by atoms with Gasteiger partial charge < -0.3 is 10.0 Å². The first kappa shape index (κ1) is 12.1. The third-order valence-corrected chi connectivity index (χ3v) is 3.48. The van der Waals surface area contributed by atoms with Gasteiger partial charge in [0.2, 0.25) is 5.91 Å². The molecule has 1 aromatic rings. The molecule has 1 aliphatic heterocycles. The third-order valence-electron chi connectivity index (χ3n) is 2.81. The minimum absolute atomic E-state index is 0.0551. The summed E-state index contributed by atoms with van der Waals surface area (Å²) in [5.74, 6) is -0.928. The van der Waals surface area contributed by atoms with Crippen LogP contribution >= 0.6 is 15.9 Å². The van der Waals surface area contributed by atoms with Gasteiger partial charge in [0.15, 0.2) is 0 Å². The van der Waals surface area contributed by atoms with Crippen LogP contribution < -0.4 is 4.90 Å². The Hall–Kier alpha value is -1.36. The van der Waals surface area contributed by atoms with Crippen LogP contribution in [0.4, 0.5) is 5.69 Å². The van der Waals surface area contributed by atoms with Gasteiger partial charge in [-0.15, -0.1) is 0 Å². The molecule has 1 saturated heterocycles. The topological polar surface area (TPSA) is 57.6 Å². The fourth-order valence-corrected chi connectivity index (χ4v) is 2.37. The van der Waals surface area contributed by atoms with E-state index in [0.717, 1.165) is 17.3 Å². The van der Waals surface area contributed by atoms with Gasteiger partial charge in [0.05, 0.1) is 11.3 Å². The molecule has 17 heavy (non-hydrogen) atoms. The largest absolute Gasteiger partial charge is 0.478 e. The summed E-state index contributed by atoms with van der Waals surface area (Å²) in [6.07, 6.45) is 2.39. The number of amides is 1. The van der Waals surface area contributed by atoms with E-state index in [1.165, 1.54) is 12.1 Å². The zero-order valence-corrected chi connectivity index (χ0v) is 10.7. The van der Waals surface area contributed by atoms with Gasteiger partial charge in [-0.3, -0.25) is 4.79 Å². The fraction of sp³-hybridized carbons (Fsp3) is 0.333. The molecule has 0 spiro atoms. The molecule has 0 radical (unpaired) electrons. The molecule has 1 fully saturated rings. The Bertz CT molecular complexity index is 473. The number of aromatic carboxylic acids is 1. The molecule has 5 heteroatoms. The number of halogens is 1. The van der Waals surface area contributed by atoms with Crippen molar-refractivity contribution in [2.24, 2.45) is 0 Å². The molecule has 0 bridgehead atoms. The Labute approximate surface area is 107 Å². The average Bonchev–Trinajstić information content (AvgIpc) is 2.30. The van der Waals surface area contributed by atoms with Gasteiger partial charge in [-0.25, -0.2) is 4.79 Å². The quantitative estimate of drug-likeness (QED) is 0.913. The number of benzene rings is 1. The fourth-order valence-electron chi connectivity index (χ4n) is 1.91. The van der Waals surface area contributed by atoms with Crippen molar-refractivity contribution in [1.29, 1.82) is 0 Å². The standard InChI is InChI=1S/C12H12BrNO3/c13-9-5-4-8(12(16)17)7-10(9)14-6-2-1-3-11(14)15/h4-5,7H,1-3,6H2,(H,16,17). The molecule has 1 aromatic carbocycles.